The molecule has 2 aromatic carbocycles. The van der Waals surface area contributed by atoms with Gasteiger partial charge < -0.3 is 15.8 Å². The predicted octanol–water partition coefficient (Wildman–Crippen LogP) is 2.24. The summed E-state index contributed by atoms with van der Waals surface area (Å²) in [5.41, 5.74) is 6.51. The van der Waals surface area contributed by atoms with E-state index >= 15 is 0 Å². The van der Waals surface area contributed by atoms with Gasteiger partial charge in [-0.05, 0) is 29.1 Å². The number of nitrogens with zero attached hydrogens (tertiary/aromatic N) is 1. The van der Waals surface area contributed by atoms with Gasteiger partial charge in [0.05, 0.1) is 16.7 Å². The van der Waals surface area contributed by atoms with Crippen LogP contribution in [-0.2, 0) is 20.7 Å². The van der Waals surface area contributed by atoms with Crippen LogP contribution >= 0.6 is 11.3 Å². The number of benzene rings is 2. The Hall–Kier alpha value is -4.31. The first-order valence-electron chi connectivity index (χ1n) is 10.2. The van der Waals surface area contributed by atoms with Gasteiger partial charge in [-0.2, -0.15) is 0 Å². The Morgan fingerprint density at radius 1 is 0.941 bits per heavy atom. The second kappa shape index (κ2) is 9.67. The number of fused-ring (bicyclic) bond motifs is 1. The van der Waals surface area contributed by atoms with Gasteiger partial charge in [0.1, 0.15) is 11.0 Å². The van der Waals surface area contributed by atoms with Crippen molar-refractivity contribution in [3.05, 3.63) is 88.3 Å². The number of nitrogens with one attached hydrogen (secondary N) is 1. The zero-order chi connectivity index (χ0) is 24.2. The average molecular weight is 477 g/mol. The molecule has 4 rings (SSSR count). The number of primary amides is 1. The minimum atomic E-state index is -1.27. The molecule has 1 aromatic heterocycles. The Morgan fingerprint density at radius 3 is 2.18 bits per heavy atom. The molecule has 3 N–H and O–H groups in total. The second-order valence-corrected chi connectivity index (χ2v) is 8.33. The van der Waals surface area contributed by atoms with Crippen molar-refractivity contribution in [2.45, 2.75) is 12.5 Å². The first-order chi connectivity index (χ1) is 16.4. The fourth-order valence-electron chi connectivity index (χ4n) is 3.60. The molecule has 0 spiro atoms. The summed E-state index contributed by atoms with van der Waals surface area (Å²) in [6, 6.07) is 15.3. The fourth-order valence-corrected chi connectivity index (χ4v) is 4.41. The van der Waals surface area contributed by atoms with E-state index in [1.165, 1.54) is 18.2 Å². The number of imide groups is 1. The smallest absolute Gasteiger partial charge is 0.330 e. The quantitative estimate of drug-likeness (QED) is 0.377. The Kier molecular flexibility index (Phi) is 6.51. The van der Waals surface area contributed by atoms with Crippen LogP contribution in [0.25, 0.3) is 0 Å². The third-order valence-electron chi connectivity index (χ3n) is 5.21. The number of hydrogen-bond acceptors (Lipinski definition) is 7. The van der Waals surface area contributed by atoms with Crippen molar-refractivity contribution < 1.29 is 28.7 Å². The summed E-state index contributed by atoms with van der Waals surface area (Å²) in [5, 5.41) is 4.29. The van der Waals surface area contributed by atoms with Crippen LogP contribution in [0.3, 0.4) is 0 Å². The SMILES string of the molecule is NC(=O)c1ccsc1NC(=O)COC(=O)C(Cc1ccccc1)N1C(=O)c2ccccc2C1=O. The summed E-state index contributed by atoms with van der Waals surface area (Å²) >= 11 is 1.09. The van der Waals surface area contributed by atoms with Gasteiger partial charge in [0.25, 0.3) is 23.6 Å². The van der Waals surface area contributed by atoms with Crippen LogP contribution in [0.4, 0.5) is 5.00 Å². The van der Waals surface area contributed by atoms with Crippen molar-refractivity contribution in [2.75, 3.05) is 11.9 Å². The van der Waals surface area contributed by atoms with Crippen molar-refractivity contribution in [3.8, 4) is 0 Å². The molecule has 1 unspecified atom stereocenters. The Balaban J connectivity index is 1.51. The molecule has 1 atom stereocenters. The maximum Gasteiger partial charge on any atom is 0.330 e. The van der Waals surface area contributed by atoms with Gasteiger partial charge in [-0.25, -0.2) is 4.79 Å². The molecule has 10 heteroatoms. The van der Waals surface area contributed by atoms with Crippen LogP contribution < -0.4 is 11.1 Å². The minimum Gasteiger partial charge on any atom is -0.454 e. The topological polar surface area (TPSA) is 136 Å². The van der Waals surface area contributed by atoms with Gasteiger partial charge in [0.2, 0.25) is 0 Å². The van der Waals surface area contributed by atoms with Gasteiger partial charge in [0.15, 0.2) is 6.61 Å². The lowest BCUT2D eigenvalue weighted by molar-refractivity contribution is -0.151. The van der Waals surface area contributed by atoms with E-state index in [0.717, 1.165) is 16.2 Å². The van der Waals surface area contributed by atoms with E-state index in [9.17, 15) is 24.0 Å². The Bertz CT molecular complexity index is 1250. The van der Waals surface area contributed by atoms with Crippen molar-refractivity contribution in [3.63, 3.8) is 0 Å². The van der Waals surface area contributed by atoms with Gasteiger partial charge in [0, 0.05) is 6.42 Å². The van der Waals surface area contributed by atoms with Crippen LogP contribution in [0.1, 0.15) is 36.6 Å². The zero-order valence-electron chi connectivity index (χ0n) is 17.7. The molecule has 172 valence electrons. The van der Waals surface area contributed by atoms with E-state index in [2.05, 4.69) is 5.32 Å². The molecule has 9 nitrogen and oxygen atoms in total. The molecule has 0 fully saturated rings. The zero-order valence-corrected chi connectivity index (χ0v) is 18.5. The first kappa shape index (κ1) is 22.9. The molecular weight excluding hydrogens is 458 g/mol. The van der Waals surface area contributed by atoms with Crippen LogP contribution in [-0.4, -0.2) is 47.1 Å². The van der Waals surface area contributed by atoms with Crippen LogP contribution in [0.5, 0.6) is 0 Å². The summed E-state index contributed by atoms with van der Waals surface area (Å²) in [6.07, 6.45) is 0.0174. The van der Waals surface area contributed by atoms with Gasteiger partial charge in [-0.15, -0.1) is 11.3 Å². The van der Waals surface area contributed by atoms with Gasteiger partial charge in [-0.1, -0.05) is 42.5 Å². The minimum absolute atomic E-state index is 0.0174. The molecule has 1 aliphatic heterocycles. The summed E-state index contributed by atoms with van der Waals surface area (Å²) < 4.78 is 5.19. The number of carbonyl (C=O) groups excluding carboxylic acids is 5. The number of anilines is 1. The predicted molar refractivity (Wildman–Crippen MR) is 123 cm³/mol. The summed E-state index contributed by atoms with van der Waals surface area (Å²) in [4.78, 5) is 63.6. The van der Waals surface area contributed by atoms with E-state index in [4.69, 9.17) is 10.5 Å². The number of esters is 1. The first-order valence-corrected chi connectivity index (χ1v) is 11.1. The summed E-state index contributed by atoms with van der Waals surface area (Å²) in [5.74, 6) is -3.52. The van der Waals surface area contributed by atoms with E-state index in [0.29, 0.717) is 5.56 Å². The number of carbonyl (C=O) groups is 5. The lowest BCUT2D eigenvalue weighted by Gasteiger charge is -2.24. The molecule has 0 saturated carbocycles. The molecule has 34 heavy (non-hydrogen) atoms. The van der Waals surface area contributed by atoms with E-state index in [1.807, 2.05) is 0 Å². The summed E-state index contributed by atoms with van der Waals surface area (Å²) in [7, 11) is 0. The number of nitrogens with two attached hydrogens (primary N) is 1. The highest BCUT2D eigenvalue weighted by atomic mass is 32.1. The highest BCUT2D eigenvalue weighted by molar-refractivity contribution is 7.14. The van der Waals surface area contributed by atoms with Crippen LogP contribution in [0.15, 0.2) is 66.0 Å². The molecule has 0 radical (unpaired) electrons. The van der Waals surface area contributed by atoms with Crippen molar-refractivity contribution in [1.29, 1.82) is 0 Å². The monoisotopic (exact) mass is 477 g/mol. The van der Waals surface area contributed by atoms with E-state index < -0.39 is 42.2 Å². The molecule has 3 aromatic rings. The highest BCUT2D eigenvalue weighted by Gasteiger charge is 2.43. The maximum absolute atomic E-state index is 13.0. The van der Waals surface area contributed by atoms with Crippen LogP contribution in [0, 0.1) is 0 Å². The number of hydrogen-bond donors (Lipinski definition) is 2. The van der Waals surface area contributed by atoms with Gasteiger partial charge >= 0.3 is 5.97 Å². The molecule has 0 bridgehead atoms. The number of amides is 4. The molecule has 0 saturated heterocycles. The average Bonchev–Trinajstić information content (AvgIpc) is 3.40. The Labute approximate surface area is 198 Å². The fraction of sp³-hybridized carbons (Fsp3) is 0.125. The largest absolute Gasteiger partial charge is 0.454 e. The number of thiophene rings is 1. The standard InChI is InChI=1S/C24H19N3O6S/c25-20(29)17-10-11-34-21(17)26-19(28)13-33-24(32)18(12-14-6-2-1-3-7-14)27-22(30)15-8-4-5-9-16(15)23(27)31/h1-11,18H,12-13H2,(H2,25,29)(H,26,28). The van der Waals surface area contributed by atoms with E-state index in [1.54, 1.807) is 47.8 Å². The molecule has 2 heterocycles. The molecule has 1 aliphatic rings. The Morgan fingerprint density at radius 2 is 1.56 bits per heavy atom. The third-order valence-corrected chi connectivity index (χ3v) is 6.04. The van der Waals surface area contributed by atoms with Crippen LogP contribution in [0.2, 0.25) is 0 Å². The maximum atomic E-state index is 13.0. The lowest BCUT2D eigenvalue weighted by atomic mass is 10.0. The van der Waals surface area contributed by atoms with Crippen molar-refractivity contribution in [1.82, 2.24) is 4.90 Å². The van der Waals surface area contributed by atoms with E-state index in [-0.39, 0.29) is 28.1 Å². The highest BCUT2D eigenvalue weighted by Crippen LogP contribution is 2.27. The second-order valence-electron chi connectivity index (χ2n) is 7.41. The van der Waals surface area contributed by atoms with Crippen molar-refractivity contribution in [2.24, 2.45) is 5.73 Å². The molecule has 4 amide bonds. The number of rotatable bonds is 8. The molecule has 0 aliphatic carbocycles. The third kappa shape index (κ3) is 4.57. The molecular formula is C24H19N3O6S. The normalized spacial score (nSPS) is 13.4. The number of ether oxygens (including phenoxy) is 1. The lowest BCUT2D eigenvalue weighted by Crippen LogP contribution is -2.47. The van der Waals surface area contributed by atoms with Crippen molar-refractivity contribution >= 4 is 45.9 Å². The van der Waals surface area contributed by atoms with Gasteiger partial charge in [-0.3, -0.25) is 24.1 Å². The summed E-state index contributed by atoms with van der Waals surface area (Å²) in [6.45, 7) is -0.677.